The number of carbonyl (C=O) groups excluding carboxylic acids is 2. The Morgan fingerprint density at radius 3 is 1.23 bits per heavy atom. The number of nitrogens with two attached hydrogens (primary N) is 1. The molecule has 0 spiro atoms. The maximum Gasteiger partial charge on any atom is 0.320 e. The van der Waals surface area contributed by atoms with Crippen LogP contribution in [0.1, 0.15) is 19.3 Å². The smallest absolute Gasteiger partial charge is 0.320 e. The highest BCUT2D eigenvalue weighted by Crippen LogP contribution is 1.94. The first-order valence-electron chi connectivity index (χ1n) is 15.7. The summed E-state index contributed by atoms with van der Waals surface area (Å²) in [7, 11) is 0. The van der Waals surface area contributed by atoms with Gasteiger partial charge in [-0.1, -0.05) is 5.11 Å². The van der Waals surface area contributed by atoms with Gasteiger partial charge in [-0.05, 0) is 12.0 Å². The van der Waals surface area contributed by atoms with E-state index in [-0.39, 0.29) is 50.8 Å². The van der Waals surface area contributed by atoms with Crippen molar-refractivity contribution < 1.29 is 62.1 Å². The maximum atomic E-state index is 11.8. The Labute approximate surface area is 275 Å². The van der Waals surface area contributed by atoms with Gasteiger partial charge in [0.2, 0.25) is 11.8 Å². The SMILES string of the molecule is [N-]=[N+]=NCCOCCOCCOCCOCCOCCOCCOCCOCCOCCC(=O)NCCNC(=O)CCC(N)C(=O)O. The molecular weight excluding hydrogens is 628 g/mol. The third kappa shape index (κ3) is 36.0. The molecule has 0 aliphatic rings. The van der Waals surface area contributed by atoms with Crippen molar-refractivity contribution in [1.82, 2.24) is 10.6 Å². The normalized spacial score (nSPS) is 11.6. The van der Waals surface area contributed by atoms with Crippen LogP contribution in [-0.2, 0) is 57.0 Å². The molecule has 0 bridgehead atoms. The minimum atomic E-state index is -1.15. The molecule has 0 saturated carbocycles. The predicted octanol–water partition coefficient (Wildman–Crippen LogP) is -0.739. The molecule has 0 aromatic carbocycles. The van der Waals surface area contributed by atoms with Crippen LogP contribution >= 0.6 is 0 Å². The second-order valence-corrected chi connectivity index (χ2v) is 9.40. The summed E-state index contributed by atoms with van der Waals surface area (Å²) in [5.74, 6) is -1.68. The Morgan fingerprint density at radius 2 is 0.894 bits per heavy atom. The summed E-state index contributed by atoms with van der Waals surface area (Å²) in [6, 6.07) is -1.07. The Bertz CT molecular complexity index is 809. The van der Waals surface area contributed by atoms with Crippen molar-refractivity contribution in [2.75, 3.05) is 139 Å². The third-order valence-corrected chi connectivity index (χ3v) is 5.62. The molecule has 19 nitrogen and oxygen atoms in total. The Morgan fingerprint density at radius 1 is 0.574 bits per heavy atom. The molecule has 47 heavy (non-hydrogen) atoms. The number of carboxylic acid groups (broad SMARTS) is 1. The summed E-state index contributed by atoms with van der Waals surface area (Å²) in [4.78, 5) is 36.6. The van der Waals surface area contributed by atoms with Crippen LogP contribution in [0.25, 0.3) is 10.4 Å². The van der Waals surface area contributed by atoms with E-state index in [4.69, 9.17) is 59.0 Å². The molecule has 2 amide bonds. The fourth-order valence-corrected chi connectivity index (χ4v) is 3.17. The van der Waals surface area contributed by atoms with Crippen LogP contribution in [0.2, 0.25) is 0 Å². The topological polar surface area (TPSA) is 253 Å². The van der Waals surface area contributed by atoms with E-state index in [0.29, 0.717) is 119 Å². The fourth-order valence-electron chi connectivity index (χ4n) is 3.17. The lowest BCUT2D eigenvalue weighted by Gasteiger charge is -2.09. The lowest BCUT2D eigenvalue weighted by atomic mass is 10.1. The molecule has 0 radical (unpaired) electrons. The largest absolute Gasteiger partial charge is 0.480 e. The quantitative estimate of drug-likeness (QED) is 0.0273. The first-order chi connectivity index (χ1) is 23.0. The van der Waals surface area contributed by atoms with E-state index in [1.807, 2.05) is 0 Å². The van der Waals surface area contributed by atoms with Crippen molar-refractivity contribution >= 4 is 17.8 Å². The molecule has 0 saturated heterocycles. The number of nitrogens with zero attached hydrogens (tertiary/aromatic N) is 3. The van der Waals surface area contributed by atoms with Crippen LogP contribution in [0.15, 0.2) is 5.11 Å². The lowest BCUT2D eigenvalue weighted by Crippen LogP contribution is -2.36. The van der Waals surface area contributed by atoms with Crippen LogP contribution in [0.5, 0.6) is 0 Å². The Balaban J connectivity index is 3.20. The summed E-state index contributed by atoms with van der Waals surface area (Å²) in [5, 5.41) is 17.3. The van der Waals surface area contributed by atoms with Crippen molar-refractivity contribution in [3.05, 3.63) is 10.4 Å². The number of carboxylic acids is 1. The Kier molecular flexibility index (Phi) is 34.1. The van der Waals surface area contributed by atoms with Crippen LogP contribution in [0, 0.1) is 0 Å². The molecule has 1 atom stereocenters. The van der Waals surface area contributed by atoms with Gasteiger partial charge in [0.1, 0.15) is 6.04 Å². The van der Waals surface area contributed by atoms with Crippen molar-refractivity contribution in [3.8, 4) is 0 Å². The van der Waals surface area contributed by atoms with Gasteiger partial charge >= 0.3 is 5.97 Å². The predicted molar refractivity (Wildman–Crippen MR) is 167 cm³/mol. The van der Waals surface area contributed by atoms with E-state index in [1.54, 1.807) is 0 Å². The lowest BCUT2D eigenvalue weighted by molar-refractivity contribution is -0.138. The molecule has 1 unspecified atom stereocenters. The van der Waals surface area contributed by atoms with Crippen molar-refractivity contribution in [2.45, 2.75) is 25.3 Å². The number of amides is 2. The van der Waals surface area contributed by atoms with E-state index in [0.717, 1.165) is 0 Å². The van der Waals surface area contributed by atoms with Crippen molar-refractivity contribution in [3.63, 3.8) is 0 Å². The molecule has 0 aromatic heterocycles. The van der Waals surface area contributed by atoms with Crippen LogP contribution in [-0.4, -0.2) is 167 Å². The Hall–Kier alpha value is -2.68. The highest BCUT2D eigenvalue weighted by Gasteiger charge is 2.13. The standard InChI is InChI=1S/C28H54N6O13/c29-25(28(37)38)1-2-26(35)31-4-5-32-27(36)3-7-39-9-11-41-13-15-43-17-19-45-21-23-47-24-22-46-20-18-44-16-14-42-12-10-40-8-6-33-34-30/h25H,1-24,29H2,(H,31,35)(H,32,36)(H,37,38). The molecular formula is C28H54N6O13. The monoisotopic (exact) mass is 682 g/mol. The van der Waals surface area contributed by atoms with E-state index in [2.05, 4.69) is 20.7 Å². The third-order valence-electron chi connectivity index (χ3n) is 5.62. The first kappa shape index (κ1) is 44.3. The highest BCUT2D eigenvalue weighted by atomic mass is 16.6. The fraction of sp³-hybridized carbons (Fsp3) is 0.893. The maximum absolute atomic E-state index is 11.8. The van der Waals surface area contributed by atoms with Crippen LogP contribution in [0.3, 0.4) is 0 Å². The number of carbonyl (C=O) groups is 3. The molecule has 274 valence electrons. The summed E-state index contributed by atoms with van der Waals surface area (Å²) < 4.78 is 48.5. The molecule has 0 rings (SSSR count). The van der Waals surface area contributed by atoms with Gasteiger partial charge < -0.3 is 64.1 Å². The van der Waals surface area contributed by atoms with Gasteiger partial charge in [0.25, 0.3) is 0 Å². The number of hydrogen-bond donors (Lipinski definition) is 4. The van der Waals surface area contributed by atoms with Crippen LogP contribution in [0.4, 0.5) is 0 Å². The highest BCUT2D eigenvalue weighted by molar-refractivity contribution is 5.78. The molecule has 5 N–H and O–H groups in total. The number of ether oxygens (including phenoxy) is 9. The van der Waals surface area contributed by atoms with Gasteiger partial charge in [-0.3, -0.25) is 14.4 Å². The molecule has 0 heterocycles. The summed E-state index contributed by atoms with van der Waals surface area (Å²) >= 11 is 0. The van der Waals surface area contributed by atoms with Crippen LogP contribution < -0.4 is 16.4 Å². The average molecular weight is 683 g/mol. The molecule has 0 aliphatic carbocycles. The first-order valence-corrected chi connectivity index (χ1v) is 15.7. The summed E-state index contributed by atoms with van der Waals surface area (Å²) in [6.07, 6.45) is 0.235. The summed E-state index contributed by atoms with van der Waals surface area (Å²) in [6.45, 7) is 8.52. The van der Waals surface area contributed by atoms with Gasteiger partial charge in [0.05, 0.1) is 119 Å². The second-order valence-electron chi connectivity index (χ2n) is 9.40. The number of azide groups is 1. The van der Waals surface area contributed by atoms with E-state index < -0.39 is 12.0 Å². The number of hydrogen-bond acceptors (Lipinski definition) is 14. The van der Waals surface area contributed by atoms with E-state index in [1.165, 1.54) is 0 Å². The minimum absolute atomic E-state index is 0.00687. The van der Waals surface area contributed by atoms with Crippen molar-refractivity contribution in [1.29, 1.82) is 0 Å². The minimum Gasteiger partial charge on any atom is -0.480 e. The average Bonchev–Trinajstić information content (AvgIpc) is 3.06. The number of rotatable bonds is 37. The second kappa shape index (κ2) is 36.2. The number of aliphatic carboxylic acids is 1. The molecule has 0 aromatic rings. The van der Waals surface area contributed by atoms with Gasteiger partial charge in [-0.2, -0.15) is 0 Å². The zero-order chi connectivity index (χ0) is 34.5. The molecule has 19 heteroatoms. The summed E-state index contributed by atoms with van der Waals surface area (Å²) in [5.41, 5.74) is 13.5. The van der Waals surface area contributed by atoms with Gasteiger partial charge in [-0.15, -0.1) is 0 Å². The number of nitrogens with one attached hydrogen (secondary N) is 2. The van der Waals surface area contributed by atoms with Gasteiger partial charge in [-0.25, -0.2) is 0 Å². The molecule has 0 aliphatic heterocycles. The van der Waals surface area contributed by atoms with Gasteiger partial charge in [0.15, 0.2) is 0 Å². The van der Waals surface area contributed by atoms with Gasteiger partial charge in [0, 0.05) is 37.4 Å². The molecule has 0 fully saturated rings. The van der Waals surface area contributed by atoms with E-state index >= 15 is 0 Å². The zero-order valence-corrected chi connectivity index (χ0v) is 27.3. The van der Waals surface area contributed by atoms with Crippen molar-refractivity contribution in [2.24, 2.45) is 10.8 Å². The zero-order valence-electron chi connectivity index (χ0n) is 27.3. The van der Waals surface area contributed by atoms with E-state index in [9.17, 15) is 14.4 Å².